The molecule has 0 radical (unpaired) electrons. The minimum atomic E-state index is -0.109. The van der Waals surface area contributed by atoms with Crippen LogP contribution in [-0.4, -0.2) is 24.7 Å². The van der Waals surface area contributed by atoms with Gasteiger partial charge in [0.05, 0.1) is 23.3 Å². The first-order valence-electron chi connectivity index (χ1n) is 8.68. The fourth-order valence-corrected chi connectivity index (χ4v) is 3.03. The van der Waals surface area contributed by atoms with Gasteiger partial charge in [-0.25, -0.2) is 9.59 Å². The Morgan fingerprint density at radius 1 is 0.621 bits per heavy atom. The summed E-state index contributed by atoms with van der Waals surface area (Å²) in [5, 5.41) is 0. The highest BCUT2D eigenvalue weighted by molar-refractivity contribution is 6.13. The first-order valence-corrected chi connectivity index (χ1v) is 8.68. The van der Waals surface area contributed by atoms with Crippen molar-refractivity contribution in [1.82, 2.24) is 0 Å². The van der Waals surface area contributed by atoms with Crippen molar-refractivity contribution in [1.29, 1.82) is 0 Å². The van der Waals surface area contributed by atoms with Crippen LogP contribution in [-0.2, 0) is 14.4 Å². The van der Waals surface area contributed by atoms with Crippen molar-refractivity contribution in [3.63, 3.8) is 0 Å². The lowest BCUT2D eigenvalue weighted by molar-refractivity contribution is -0.102. The highest BCUT2D eigenvalue weighted by Gasteiger charge is 2.17. The summed E-state index contributed by atoms with van der Waals surface area (Å²) in [6.07, 6.45) is 4.89. The standard InChI is InChI=1S/C23H15N3O3/c27-14-13-24-20-7-1-17(2-8-20)23(18-3-9-21(10-4-18)25-15-28)19-5-11-22(12-6-19)26-16-29/h1-14,23H. The van der Waals surface area contributed by atoms with Crippen LogP contribution in [0.2, 0.25) is 0 Å². The molecule has 0 fully saturated rings. The second kappa shape index (κ2) is 9.62. The Kier molecular flexibility index (Phi) is 6.48. The average molecular weight is 381 g/mol. The molecule has 3 aromatic rings. The Labute approximate surface area is 167 Å². The van der Waals surface area contributed by atoms with Crippen LogP contribution in [0, 0.1) is 0 Å². The zero-order valence-corrected chi connectivity index (χ0v) is 15.2. The van der Waals surface area contributed by atoms with Gasteiger partial charge >= 0.3 is 0 Å². The van der Waals surface area contributed by atoms with Gasteiger partial charge in [-0.05, 0) is 53.1 Å². The Morgan fingerprint density at radius 3 is 1.34 bits per heavy atom. The topological polar surface area (TPSA) is 88.3 Å². The van der Waals surface area contributed by atoms with Gasteiger partial charge < -0.3 is 0 Å². The van der Waals surface area contributed by atoms with Crippen LogP contribution in [0.5, 0.6) is 0 Å². The van der Waals surface area contributed by atoms with Crippen LogP contribution in [0.4, 0.5) is 17.1 Å². The first kappa shape index (κ1) is 19.5. The van der Waals surface area contributed by atoms with Crippen LogP contribution >= 0.6 is 0 Å². The van der Waals surface area contributed by atoms with Gasteiger partial charge in [0.1, 0.15) is 0 Å². The molecule has 0 aliphatic heterocycles. The molecule has 6 nitrogen and oxygen atoms in total. The minimum Gasteiger partial charge on any atom is -0.297 e. The van der Waals surface area contributed by atoms with Gasteiger partial charge in [-0.1, -0.05) is 36.4 Å². The monoisotopic (exact) mass is 381 g/mol. The van der Waals surface area contributed by atoms with Crippen molar-refractivity contribution in [3.05, 3.63) is 89.5 Å². The van der Waals surface area contributed by atoms with Crippen molar-refractivity contribution in [2.45, 2.75) is 5.92 Å². The molecular weight excluding hydrogens is 366 g/mol. The molecule has 140 valence electrons. The molecular formula is C23H15N3O3. The highest BCUT2D eigenvalue weighted by Crippen LogP contribution is 2.34. The maximum Gasteiger partial charge on any atom is 0.240 e. The molecule has 0 atom stereocenters. The third kappa shape index (κ3) is 4.93. The van der Waals surface area contributed by atoms with Gasteiger partial charge in [0, 0.05) is 5.92 Å². The normalized spacial score (nSPS) is 11.3. The molecule has 0 saturated carbocycles. The summed E-state index contributed by atoms with van der Waals surface area (Å²) in [7, 11) is 0. The first-order chi connectivity index (χ1) is 14.2. The number of carbonyl (C=O) groups is 1. The Balaban J connectivity index is 2.05. The van der Waals surface area contributed by atoms with Crippen molar-refractivity contribution in [3.8, 4) is 0 Å². The summed E-state index contributed by atoms with van der Waals surface area (Å²) >= 11 is 0. The summed E-state index contributed by atoms with van der Waals surface area (Å²) in [5.41, 5.74) is 4.71. The molecule has 3 aromatic carbocycles. The second-order valence-corrected chi connectivity index (χ2v) is 6.03. The zero-order chi connectivity index (χ0) is 20.5. The largest absolute Gasteiger partial charge is 0.297 e. The molecule has 0 aliphatic carbocycles. The smallest absolute Gasteiger partial charge is 0.240 e. The minimum absolute atomic E-state index is 0.109. The van der Waals surface area contributed by atoms with Crippen molar-refractivity contribution in [2.75, 3.05) is 0 Å². The lowest BCUT2D eigenvalue weighted by atomic mass is 9.85. The fraction of sp³-hybridized carbons (Fsp3) is 0.0435. The second-order valence-electron chi connectivity index (χ2n) is 6.03. The van der Waals surface area contributed by atoms with Crippen molar-refractivity contribution in [2.24, 2.45) is 15.0 Å². The fourth-order valence-electron chi connectivity index (χ4n) is 3.03. The number of aldehydes is 1. The van der Waals surface area contributed by atoms with E-state index in [-0.39, 0.29) is 5.92 Å². The summed E-state index contributed by atoms with van der Waals surface area (Å²) in [4.78, 5) is 42.7. The van der Waals surface area contributed by atoms with Crippen molar-refractivity contribution >= 4 is 41.7 Å². The lowest BCUT2D eigenvalue weighted by Crippen LogP contribution is -2.03. The van der Waals surface area contributed by atoms with Crippen LogP contribution in [0.25, 0.3) is 0 Å². The molecule has 0 heterocycles. The SMILES string of the molecule is O=C=Nc1ccc(C(c2ccc(N=C=O)cc2)c2ccc(N=CC=O)cc2)cc1. The Hall–Kier alpha value is -4.24. The molecule has 3 rings (SSSR count). The third-order valence-electron chi connectivity index (χ3n) is 4.31. The molecule has 6 heteroatoms. The molecule has 0 amide bonds. The third-order valence-corrected chi connectivity index (χ3v) is 4.31. The van der Waals surface area contributed by atoms with E-state index in [4.69, 9.17) is 0 Å². The van der Waals surface area contributed by atoms with E-state index in [2.05, 4.69) is 15.0 Å². The lowest BCUT2D eigenvalue weighted by Gasteiger charge is -2.19. The van der Waals surface area contributed by atoms with Gasteiger partial charge in [0.25, 0.3) is 0 Å². The Bertz CT molecular complexity index is 1040. The van der Waals surface area contributed by atoms with Gasteiger partial charge in [-0.2, -0.15) is 9.98 Å². The van der Waals surface area contributed by atoms with Crippen LogP contribution in [0.15, 0.2) is 87.8 Å². The number of isocyanates is 2. The number of nitrogens with zero attached hydrogens (tertiary/aromatic N) is 3. The van der Waals surface area contributed by atoms with E-state index in [9.17, 15) is 14.4 Å². The number of rotatable bonds is 7. The molecule has 0 unspecified atom stereocenters. The number of carbonyl (C=O) groups excluding carboxylic acids is 3. The number of hydrogen-bond acceptors (Lipinski definition) is 6. The van der Waals surface area contributed by atoms with Crippen molar-refractivity contribution < 1.29 is 14.4 Å². The van der Waals surface area contributed by atoms with Crippen LogP contribution < -0.4 is 0 Å². The maximum absolute atomic E-state index is 10.5. The molecule has 0 aliphatic rings. The quantitative estimate of drug-likeness (QED) is 0.257. The van der Waals surface area contributed by atoms with Gasteiger partial charge in [0.2, 0.25) is 12.2 Å². The summed E-state index contributed by atoms with van der Waals surface area (Å²) in [6, 6.07) is 22.1. The van der Waals surface area contributed by atoms with E-state index in [1.807, 2.05) is 48.5 Å². The van der Waals surface area contributed by atoms with Gasteiger partial charge in [0.15, 0.2) is 6.29 Å². The predicted molar refractivity (Wildman–Crippen MR) is 110 cm³/mol. The molecule has 0 bridgehead atoms. The highest BCUT2D eigenvalue weighted by atomic mass is 16.1. The number of benzene rings is 3. The van der Waals surface area contributed by atoms with E-state index in [1.165, 1.54) is 18.4 Å². The molecule has 0 saturated heterocycles. The summed E-state index contributed by atoms with van der Waals surface area (Å²) < 4.78 is 0. The molecule has 0 N–H and O–H groups in total. The molecule has 0 spiro atoms. The average Bonchev–Trinajstić information content (AvgIpc) is 2.76. The number of hydrogen-bond donors (Lipinski definition) is 0. The molecule has 29 heavy (non-hydrogen) atoms. The van der Waals surface area contributed by atoms with Crippen LogP contribution in [0.1, 0.15) is 22.6 Å². The maximum atomic E-state index is 10.5. The van der Waals surface area contributed by atoms with E-state index < -0.39 is 0 Å². The predicted octanol–water partition coefficient (Wildman–Crippen LogP) is 4.70. The number of aliphatic imine (C=N–C) groups is 3. The van der Waals surface area contributed by atoms with Gasteiger partial charge in [-0.3, -0.25) is 9.79 Å². The van der Waals surface area contributed by atoms with Crippen LogP contribution in [0.3, 0.4) is 0 Å². The Morgan fingerprint density at radius 2 is 1.00 bits per heavy atom. The molecule has 0 aromatic heterocycles. The van der Waals surface area contributed by atoms with E-state index in [1.54, 1.807) is 24.3 Å². The van der Waals surface area contributed by atoms with E-state index in [0.717, 1.165) is 16.7 Å². The summed E-state index contributed by atoms with van der Waals surface area (Å²) in [6.45, 7) is 0. The van der Waals surface area contributed by atoms with E-state index >= 15 is 0 Å². The zero-order valence-electron chi connectivity index (χ0n) is 15.2. The van der Waals surface area contributed by atoms with E-state index in [0.29, 0.717) is 23.3 Å². The van der Waals surface area contributed by atoms with Gasteiger partial charge in [-0.15, -0.1) is 0 Å². The summed E-state index contributed by atoms with van der Waals surface area (Å²) in [5.74, 6) is -0.109.